The van der Waals surface area contributed by atoms with Gasteiger partial charge in [0.25, 0.3) is 0 Å². The number of hydrogen-bond donors (Lipinski definition) is 1. The van der Waals surface area contributed by atoms with Crippen LogP contribution >= 0.6 is 0 Å². The summed E-state index contributed by atoms with van der Waals surface area (Å²) in [6.07, 6.45) is 2.20. The molecule has 0 saturated heterocycles. The first-order valence-electron chi connectivity index (χ1n) is 10.6. The van der Waals surface area contributed by atoms with Gasteiger partial charge in [-0.2, -0.15) is 4.31 Å². The summed E-state index contributed by atoms with van der Waals surface area (Å²) in [6.45, 7) is 5.45. The van der Waals surface area contributed by atoms with Gasteiger partial charge in [0.15, 0.2) is 0 Å². The Hall–Kier alpha value is -2.42. The summed E-state index contributed by atoms with van der Waals surface area (Å²) >= 11 is 0. The second kappa shape index (κ2) is 10.3. The van der Waals surface area contributed by atoms with Crippen LogP contribution in [0.5, 0.6) is 5.75 Å². The third kappa shape index (κ3) is 6.06. The minimum Gasteiger partial charge on any atom is -0.497 e. The normalized spacial score (nSPS) is 14.1. The molecule has 31 heavy (non-hydrogen) atoms. The molecule has 2 aromatic carbocycles. The predicted octanol–water partition coefficient (Wildman–Crippen LogP) is 3.33. The van der Waals surface area contributed by atoms with E-state index in [9.17, 15) is 13.2 Å². The summed E-state index contributed by atoms with van der Waals surface area (Å²) in [5.74, 6) is 0.700. The molecule has 0 atom stereocenters. The Morgan fingerprint density at radius 3 is 2.16 bits per heavy atom. The van der Waals surface area contributed by atoms with Gasteiger partial charge in [0.05, 0.1) is 18.6 Å². The number of methoxy groups -OCH3 is 1. The fourth-order valence-corrected chi connectivity index (χ4v) is 4.99. The van der Waals surface area contributed by atoms with Gasteiger partial charge in [0.1, 0.15) is 5.75 Å². The van der Waals surface area contributed by atoms with Gasteiger partial charge in [0.2, 0.25) is 15.9 Å². The first-order chi connectivity index (χ1) is 14.9. The molecule has 0 bridgehead atoms. The van der Waals surface area contributed by atoms with Crippen molar-refractivity contribution >= 4 is 21.6 Å². The van der Waals surface area contributed by atoms with Crippen LogP contribution in [0.1, 0.15) is 32.3 Å². The van der Waals surface area contributed by atoms with Crippen LogP contribution in [0.25, 0.3) is 0 Å². The Bertz CT molecular complexity index is 967. The van der Waals surface area contributed by atoms with Gasteiger partial charge < -0.3 is 10.1 Å². The zero-order chi connectivity index (χ0) is 22.4. The number of nitrogens with zero attached hydrogens (tertiary/aromatic N) is 2. The summed E-state index contributed by atoms with van der Waals surface area (Å²) in [5, 5.41) is 2.89. The molecule has 0 heterocycles. The fraction of sp³-hybridized carbons (Fsp3) is 0.435. The number of anilines is 1. The molecule has 7 nitrogen and oxygen atoms in total. The lowest BCUT2D eigenvalue weighted by Crippen LogP contribution is -2.34. The topological polar surface area (TPSA) is 79.0 Å². The lowest BCUT2D eigenvalue weighted by molar-refractivity contribution is -0.117. The van der Waals surface area contributed by atoms with E-state index in [0.717, 1.165) is 24.2 Å². The number of carbonyl (C=O) groups excluding carboxylic acids is 1. The van der Waals surface area contributed by atoms with Crippen molar-refractivity contribution < 1.29 is 17.9 Å². The maximum Gasteiger partial charge on any atom is 0.243 e. The zero-order valence-electron chi connectivity index (χ0n) is 18.4. The van der Waals surface area contributed by atoms with Crippen molar-refractivity contribution in [3.8, 4) is 5.75 Å². The highest BCUT2D eigenvalue weighted by molar-refractivity contribution is 7.89. The molecule has 0 aromatic heterocycles. The van der Waals surface area contributed by atoms with Gasteiger partial charge in [-0.3, -0.25) is 9.69 Å². The molecule has 0 unspecified atom stereocenters. The standard InChI is InChI=1S/C23H31N3O4S/c1-4-26(5-2)31(28,29)22-14-8-19(9-15-22)24-23(27)17-25(20-10-11-20)16-18-6-12-21(30-3)13-7-18/h6-9,12-15,20H,4-5,10-11,16-17H2,1-3H3,(H,24,27). The molecule has 3 rings (SSSR count). The number of benzene rings is 2. The molecule has 1 amide bonds. The van der Waals surface area contributed by atoms with E-state index in [1.165, 1.54) is 4.31 Å². The first-order valence-corrected chi connectivity index (χ1v) is 12.1. The zero-order valence-corrected chi connectivity index (χ0v) is 19.2. The monoisotopic (exact) mass is 445 g/mol. The Labute approximate surface area is 185 Å². The van der Waals surface area contributed by atoms with Gasteiger partial charge in [-0.25, -0.2) is 8.42 Å². The SMILES string of the molecule is CCN(CC)S(=O)(=O)c1ccc(NC(=O)CN(Cc2ccc(OC)cc2)C2CC2)cc1. The average Bonchev–Trinajstić information content (AvgIpc) is 3.60. The Morgan fingerprint density at radius 2 is 1.65 bits per heavy atom. The molecule has 2 aromatic rings. The molecule has 1 aliphatic rings. The van der Waals surface area contributed by atoms with E-state index in [4.69, 9.17) is 4.74 Å². The van der Waals surface area contributed by atoms with Crippen LogP contribution in [0.15, 0.2) is 53.4 Å². The summed E-state index contributed by atoms with van der Waals surface area (Å²) in [6, 6.07) is 14.7. The van der Waals surface area contributed by atoms with Crippen molar-refractivity contribution in [2.75, 3.05) is 32.1 Å². The number of carbonyl (C=O) groups is 1. The predicted molar refractivity (Wildman–Crippen MR) is 122 cm³/mol. The lowest BCUT2D eigenvalue weighted by atomic mass is 10.2. The van der Waals surface area contributed by atoms with Gasteiger partial charge in [-0.15, -0.1) is 0 Å². The van der Waals surface area contributed by atoms with Crippen molar-refractivity contribution in [3.63, 3.8) is 0 Å². The van der Waals surface area contributed by atoms with Crippen LogP contribution in [-0.2, 0) is 21.4 Å². The highest BCUT2D eigenvalue weighted by Crippen LogP contribution is 2.28. The second-order valence-corrected chi connectivity index (χ2v) is 9.58. The molecule has 8 heteroatoms. The van der Waals surface area contributed by atoms with E-state index in [1.54, 1.807) is 31.4 Å². The van der Waals surface area contributed by atoms with Gasteiger partial charge in [-0.1, -0.05) is 26.0 Å². The quantitative estimate of drug-likeness (QED) is 0.574. The summed E-state index contributed by atoms with van der Waals surface area (Å²) in [7, 11) is -1.86. The van der Waals surface area contributed by atoms with E-state index in [2.05, 4.69) is 10.2 Å². The molecule has 0 aliphatic heterocycles. The van der Waals surface area contributed by atoms with E-state index >= 15 is 0 Å². The lowest BCUT2D eigenvalue weighted by Gasteiger charge is -2.22. The van der Waals surface area contributed by atoms with Crippen LogP contribution in [-0.4, -0.2) is 56.3 Å². The van der Waals surface area contributed by atoms with Gasteiger partial charge in [-0.05, 0) is 54.8 Å². The molecule has 1 fully saturated rings. The van der Waals surface area contributed by atoms with Crippen molar-refractivity contribution in [3.05, 3.63) is 54.1 Å². The average molecular weight is 446 g/mol. The van der Waals surface area contributed by atoms with E-state index < -0.39 is 10.0 Å². The highest BCUT2D eigenvalue weighted by atomic mass is 32.2. The van der Waals surface area contributed by atoms with Crippen LogP contribution in [0.3, 0.4) is 0 Å². The molecule has 168 valence electrons. The van der Waals surface area contributed by atoms with Crippen molar-refractivity contribution in [1.82, 2.24) is 9.21 Å². The number of sulfonamides is 1. The summed E-state index contributed by atoms with van der Waals surface area (Å²) in [5.41, 5.74) is 1.72. The molecule has 1 aliphatic carbocycles. The third-order valence-corrected chi connectivity index (χ3v) is 7.50. The maximum atomic E-state index is 12.6. The smallest absolute Gasteiger partial charge is 0.243 e. The van der Waals surface area contributed by atoms with Crippen molar-refractivity contribution in [1.29, 1.82) is 0 Å². The Balaban J connectivity index is 1.61. The van der Waals surface area contributed by atoms with E-state index in [-0.39, 0.29) is 17.3 Å². The Morgan fingerprint density at radius 1 is 1.03 bits per heavy atom. The Kier molecular flexibility index (Phi) is 7.69. The van der Waals surface area contributed by atoms with Crippen molar-refractivity contribution in [2.45, 2.75) is 44.2 Å². The number of ether oxygens (including phenoxy) is 1. The molecule has 1 saturated carbocycles. The molecular formula is C23H31N3O4S. The first kappa shape index (κ1) is 23.2. The third-order valence-electron chi connectivity index (χ3n) is 5.44. The summed E-state index contributed by atoms with van der Waals surface area (Å²) < 4.78 is 31.8. The van der Waals surface area contributed by atoms with Crippen molar-refractivity contribution in [2.24, 2.45) is 0 Å². The number of hydrogen-bond acceptors (Lipinski definition) is 5. The molecular weight excluding hydrogens is 414 g/mol. The molecule has 1 N–H and O–H groups in total. The largest absolute Gasteiger partial charge is 0.497 e. The van der Waals surface area contributed by atoms with Crippen LogP contribution in [0, 0.1) is 0 Å². The van der Waals surface area contributed by atoms with Crippen LogP contribution in [0.2, 0.25) is 0 Å². The highest BCUT2D eigenvalue weighted by Gasteiger charge is 2.30. The number of amides is 1. The number of nitrogens with one attached hydrogen (secondary N) is 1. The minimum absolute atomic E-state index is 0.111. The van der Waals surface area contributed by atoms with E-state index in [0.29, 0.717) is 31.4 Å². The molecule has 0 spiro atoms. The van der Waals surface area contributed by atoms with Gasteiger partial charge in [0, 0.05) is 31.4 Å². The second-order valence-electron chi connectivity index (χ2n) is 7.65. The van der Waals surface area contributed by atoms with Crippen LogP contribution in [0.4, 0.5) is 5.69 Å². The summed E-state index contributed by atoms with van der Waals surface area (Å²) in [4.78, 5) is 15.0. The van der Waals surface area contributed by atoms with Gasteiger partial charge >= 0.3 is 0 Å². The maximum absolute atomic E-state index is 12.6. The minimum atomic E-state index is -3.50. The number of rotatable bonds is 11. The molecule has 0 radical (unpaired) electrons. The van der Waals surface area contributed by atoms with E-state index in [1.807, 2.05) is 38.1 Å². The fourth-order valence-electron chi connectivity index (χ4n) is 3.53. The van der Waals surface area contributed by atoms with Crippen LogP contribution < -0.4 is 10.1 Å².